The van der Waals surface area contributed by atoms with Crippen LogP contribution in [0.15, 0.2) is 30.3 Å². The Morgan fingerprint density at radius 2 is 1.87 bits per heavy atom. The largest absolute Gasteiger partial charge is 0.396 e. The van der Waals surface area contributed by atoms with Gasteiger partial charge in [-0.3, -0.25) is 0 Å². The standard InChI is InChI=1S/C13H21NO/c1-14(2)11-13(8-9-15)10-12-6-4-3-5-7-12/h3-7,13,15H,8-11H2,1-2H3. The van der Waals surface area contributed by atoms with Gasteiger partial charge in [0, 0.05) is 13.2 Å². The molecule has 0 bridgehead atoms. The number of hydrogen-bond donors (Lipinski definition) is 1. The van der Waals surface area contributed by atoms with Crippen molar-refractivity contribution in [2.24, 2.45) is 5.92 Å². The fourth-order valence-corrected chi connectivity index (χ4v) is 1.90. The Balaban J connectivity index is 2.50. The smallest absolute Gasteiger partial charge is 0.0434 e. The summed E-state index contributed by atoms with van der Waals surface area (Å²) in [6, 6.07) is 10.5. The first-order chi connectivity index (χ1) is 7.22. The summed E-state index contributed by atoms with van der Waals surface area (Å²) >= 11 is 0. The quantitative estimate of drug-likeness (QED) is 0.768. The van der Waals surface area contributed by atoms with Crippen molar-refractivity contribution in [2.75, 3.05) is 27.2 Å². The lowest BCUT2D eigenvalue weighted by Gasteiger charge is -2.20. The molecule has 2 nitrogen and oxygen atoms in total. The van der Waals surface area contributed by atoms with E-state index in [0.717, 1.165) is 19.4 Å². The van der Waals surface area contributed by atoms with Gasteiger partial charge in [-0.25, -0.2) is 0 Å². The van der Waals surface area contributed by atoms with E-state index in [1.165, 1.54) is 5.56 Å². The summed E-state index contributed by atoms with van der Waals surface area (Å²) in [4.78, 5) is 2.18. The minimum Gasteiger partial charge on any atom is -0.396 e. The van der Waals surface area contributed by atoms with Gasteiger partial charge < -0.3 is 10.0 Å². The Morgan fingerprint density at radius 3 is 2.40 bits per heavy atom. The Morgan fingerprint density at radius 1 is 1.20 bits per heavy atom. The molecule has 0 spiro atoms. The highest BCUT2D eigenvalue weighted by molar-refractivity contribution is 5.15. The summed E-state index contributed by atoms with van der Waals surface area (Å²) in [5.41, 5.74) is 1.36. The zero-order valence-electron chi connectivity index (χ0n) is 9.69. The van der Waals surface area contributed by atoms with Crippen molar-refractivity contribution >= 4 is 0 Å². The fourth-order valence-electron chi connectivity index (χ4n) is 1.90. The van der Waals surface area contributed by atoms with E-state index in [4.69, 9.17) is 5.11 Å². The molecule has 0 aliphatic rings. The summed E-state index contributed by atoms with van der Waals surface area (Å²) in [7, 11) is 4.16. The molecule has 0 aromatic heterocycles. The maximum absolute atomic E-state index is 9.01. The van der Waals surface area contributed by atoms with Crippen LogP contribution in [0, 0.1) is 5.92 Å². The molecule has 1 aromatic rings. The van der Waals surface area contributed by atoms with Gasteiger partial charge in [0.25, 0.3) is 0 Å². The maximum atomic E-state index is 9.01. The molecule has 15 heavy (non-hydrogen) atoms. The molecule has 84 valence electrons. The van der Waals surface area contributed by atoms with E-state index < -0.39 is 0 Å². The van der Waals surface area contributed by atoms with Crippen LogP contribution in [0.2, 0.25) is 0 Å². The van der Waals surface area contributed by atoms with Crippen molar-refractivity contribution in [1.29, 1.82) is 0 Å². The molecule has 1 rings (SSSR count). The van der Waals surface area contributed by atoms with Gasteiger partial charge in [-0.05, 0) is 38.4 Å². The second-order valence-electron chi connectivity index (χ2n) is 4.33. The molecule has 1 atom stereocenters. The summed E-state index contributed by atoms with van der Waals surface area (Å²) in [5.74, 6) is 0.549. The lowest BCUT2D eigenvalue weighted by molar-refractivity contribution is 0.229. The van der Waals surface area contributed by atoms with Crippen molar-refractivity contribution in [3.63, 3.8) is 0 Å². The fraction of sp³-hybridized carbons (Fsp3) is 0.538. The van der Waals surface area contributed by atoms with E-state index in [9.17, 15) is 0 Å². The van der Waals surface area contributed by atoms with Crippen molar-refractivity contribution in [3.8, 4) is 0 Å². The average Bonchev–Trinajstić information content (AvgIpc) is 2.18. The highest BCUT2D eigenvalue weighted by Gasteiger charge is 2.09. The average molecular weight is 207 g/mol. The number of rotatable bonds is 6. The van der Waals surface area contributed by atoms with Crippen LogP contribution < -0.4 is 0 Å². The third-order valence-corrected chi connectivity index (χ3v) is 2.53. The van der Waals surface area contributed by atoms with Crippen LogP contribution in [-0.2, 0) is 6.42 Å². The molecule has 1 aromatic carbocycles. The minimum atomic E-state index is 0.283. The van der Waals surface area contributed by atoms with Crippen LogP contribution in [0.1, 0.15) is 12.0 Å². The normalized spacial score (nSPS) is 13.1. The lowest BCUT2D eigenvalue weighted by atomic mass is 9.96. The molecule has 0 fully saturated rings. The Bertz CT molecular complexity index is 258. The molecule has 0 saturated carbocycles. The number of hydrogen-bond acceptors (Lipinski definition) is 2. The van der Waals surface area contributed by atoms with Crippen LogP contribution >= 0.6 is 0 Å². The Kier molecular flexibility index (Phi) is 5.37. The molecule has 1 N–H and O–H groups in total. The highest BCUT2D eigenvalue weighted by Crippen LogP contribution is 2.12. The molecular formula is C13H21NO. The van der Waals surface area contributed by atoms with Gasteiger partial charge >= 0.3 is 0 Å². The van der Waals surface area contributed by atoms with E-state index in [0.29, 0.717) is 5.92 Å². The molecule has 0 radical (unpaired) electrons. The molecule has 2 heteroatoms. The van der Waals surface area contributed by atoms with Crippen LogP contribution in [0.25, 0.3) is 0 Å². The van der Waals surface area contributed by atoms with Crippen molar-refractivity contribution < 1.29 is 5.11 Å². The molecule has 0 saturated heterocycles. The van der Waals surface area contributed by atoms with E-state index >= 15 is 0 Å². The second-order valence-corrected chi connectivity index (χ2v) is 4.33. The maximum Gasteiger partial charge on any atom is 0.0434 e. The Labute approximate surface area is 92.5 Å². The Hall–Kier alpha value is -0.860. The van der Waals surface area contributed by atoms with Gasteiger partial charge in [0.05, 0.1) is 0 Å². The zero-order valence-corrected chi connectivity index (χ0v) is 9.69. The van der Waals surface area contributed by atoms with E-state index in [1.54, 1.807) is 0 Å². The molecular weight excluding hydrogens is 186 g/mol. The number of aliphatic hydroxyl groups excluding tert-OH is 1. The van der Waals surface area contributed by atoms with E-state index in [2.05, 4.69) is 43.3 Å². The van der Waals surface area contributed by atoms with E-state index in [-0.39, 0.29) is 6.61 Å². The van der Waals surface area contributed by atoms with Crippen LogP contribution in [0.4, 0.5) is 0 Å². The minimum absolute atomic E-state index is 0.283. The summed E-state index contributed by atoms with van der Waals surface area (Å²) in [5, 5.41) is 9.01. The first-order valence-corrected chi connectivity index (χ1v) is 5.52. The van der Waals surface area contributed by atoms with Crippen LogP contribution in [0.5, 0.6) is 0 Å². The topological polar surface area (TPSA) is 23.5 Å². The highest BCUT2D eigenvalue weighted by atomic mass is 16.3. The third kappa shape index (κ3) is 4.96. The number of nitrogens with zero attached hydrogens (tertiary/aromatic N) is 1. The first kappa shape index (κ1) is 12.2. The third-order valence-electron chi connectivity index (χ3n) is 2.53. The molecule has 1 unspecified atom stereocenters. The predicted molar refractivity (Wildman–Crippen MR) is 63.9 cm³/mol. The van der Waals surface area contributed by atoms with Gasteiger partial charge in [-0.2, -0.15) is 0 Å². The SMILES string of the molecule is CN(C)CC(CCO)Cc1ccccc1. The predicted octanol–water partition coefficient (Wildman–Crippen LogP) is 1.79. The van der Waals surface area contributed by atoms with Crippen molar-refractivity contribution in [3.05, 3.63) is 35.9 Å². The molecule has 0 heterocycles. The molecule has 0 aliphatic heterocycles. The molecule has 0 aliphatic carbocycles. The zero-order chi connectivity index (χ0) is 11.1. The number of benzene rings is 1. The van der Waals surface area contributed by atoms with Gasteiger partial charge in [0.15, 0.2) is 0 Å². The summed E-state index contributed by atoms with van der Waals surface area (Å²) in [6.07, 6.45) is 1.94. The van der Waals surface area contributed by atoms with E-state index in [1.807, 2.05) is 6.07 Å². The number of aliphatic hydroxyl groups is 1. The van der Waals surface area contributed by atoms with Crippen LogP contribution in [0.3, 0.4) is 0 Å². The summed E-state index contributed by atoms with van der Waals surface area (Å²) in [6.45, 7) is 1.32. The second kappa shape index (κ2) is 6.59. The monoisotopic (exact) mass is 207 g/mol. The van der Waals surface area contributed by atoms with Crippen molar-refractivity contribution in [2.45, 2.75) is 12.8 Å². The lowest BCUT2D eigenvalue weighted by Crippen LogP contribution is -2.24. The van der Waals surface area contributed by atoms with Gasteiger partial charge in [0.2, 0.25) is 0 Å². The molecule has 0 amide bonds. The van der Waals surface area contributed by atoms with Gasteiger partial charge in [0.1, 0.15) is 0 Å². The van der Waals surface area contributed by atoms with Crippen molar-refractivity contribution in [1.82, 2.24) is 4.90 Å². The van der Waals surface area contributed by atoms with Gasteiger partial charge in [-0.1, -0.05) is 30.3 Å². The van der Waals surface area contributed by atoms with Crippen LogP contribution in [-0.4, -0.2) is 37.3 Å². The summed E-state index contributed by atoms with van der Waals surface area (Å²) < 4.78 is 0. The van der Waals surface area contributed by atoms with Gasteiger partial charge in [-0.15, -0.1) is 0 Å². The first-order valence-electron chi connectivity index (χ1n) is 5.52.